The van der Waals surface area contributed by atoms with Gasteiger partial charge in [0.05, 0.1) is 33.5 Å². The van der Waals surface area contributed by atoms with Crippen molar-refractivity contribution in [3.8, 4) is 16.6 Å². The molecule has 0 aliphatic carbocycles. The molecular formula is C22H16N4OS2. The van der Waals surface area contributed by atoms with Crippen LogP contribution in [0.15, 0.2) is 60.1 Å². The number of thiophene rings is 1. The second-order valence-electron chi connectivity index (χ2n) is 6.38. The van der Waals surface area contributed by atoms with Gasteiger partial charge in [-0.15, -0.1) is 22.7 Å². The average Bonchev–Trinajstić information content (AvgIpc) is 3.41. The molecule has 29 heavy (non-hydrogen) atoms. The minimum Gasteiger partial charge on any atom is -0.298 e. The fourth-order valence-electron chi connectivity index (χ4n) is 2.87. The van der Waals surface area contributed by atoms with E-state index in [1.54, 1.807) is 35.7 Å². The molecule has 0 spiro atoms. The first kappa shape index (κ1) is 19.0. The number of aryl methyl sites for hydroxylation is 1. The molecule has 0 aliphatic rings. The summed E-state index contributed by atoms with van der Waals surface area (Å²) in [6.07, 6.45) is 2.47. The van der Waals surface area contributed by atoms with Gasteiger partial charge in [0.25, 0.3) is 5.91 Å². The van der Waals surface area contributed by atoms with Gasteiger partial charge in [0, 0.05) is 17.5 Å². The Balaban J connectivity index is 1.44. The van der Waals surface area contributed by atoms with E-state index in [0.717, 1.165) is 21.0 Å². The zero-order valence-electron chi connectivity index (χ0n) is 15.5. The molecule has 4 rings (SSSR count). The summed E-state index contributed by atoms with van der Waals surface area (Å²) in [7, 11) is 0. The van der Waals surface area contributed by atoms with Crippen LogP contribution in [0.1, 0.15) is 32.1 Å². The Hall–Kier alpha value is -3.34. The number of rotatable bonds is 5. The lowest BCUT2D eigenvalue weighted by Crippen LogP contribution is -2.14. The number of anilines is 1. The van der Waals surface area contributed by atoms with Gasteiger partial charge in [-0.25, -0.2) is 4.98 Å². The Labute approximate surface area is 176 Å². The summed E-state index contributed by atoms with van der Waals surface area (Å²) in [5.74, 6) is -0.216. The maximum atomic E-state index is 12.7. The summed E-state index contributed by atoms with van der Waals surface area (Å²) in [5.41, 5.74) is 3.82. The van der Waals surface area contributed by atoms with E-state index in [2.05, 4.69) is 21.4 Å². The number of hydrogen-bond acceptors (Lipinski definition) is 6. The van der Waals surface area contributed by atoms with E-state index in [0.29, 0.717) is 28.4 Å². The molecule has 4 aromatic rings. The highest BCUT2D eigenvalue weighted by Crippen LogP contribution is 2.25. The van der Waals surface area contributed by atoms with E-state index < -0.39 is 0 Å². The van der Waals surface area contributed by atoms with Crippen molar-refractivity contribution in [1.82, 2.24) is 9.97 Å². The fourth-order valence-corrected chi connectivity index (χ4v) is 4.41. The monoisotopic (exact) mass is 416 g/mol. The number of thiazole rings is 1. The van der Waals surface area contributed by atoms with Crippen molar-refractivity contribution in [2.24, 2.45) is 0 Å². The van der Waals surface area contributed by atoms with Crippen molar-refractivity contribution in [1.29, 1.82) is 5.26 Å². The Bertz CT molecular complexity index is 1190. The van der Waals surface area contributed by atoms with Crippen LogP contribution >= 0.6 is 22.7 Å². The van der Waals surface area contributed by atoms with E-state index in [4.69, 9.17) is 5.26 Å². The van der Waals surface area contributed by atoms with Gasteiger partial charge in [-0.1, -0.05) is 18.2 Å². The molecule has 0 bridgehead atoms. The van der Waals surface area contributed by atoms with Crippen LogP contribution in [0.2, 0.25) is 0 Å². The van der Waals surface area contributed by atoms with E-state index in [1.807, 2.05) is 42.6 Å². The number of aromatic nitrogens is 2. The Morgan fingerprint density at radius 2 is 2.00 bits per heavy atom. The summed E-state index contributed by atoms with van der Waals surface area (Å²) < 4.78 is 0. The predicted octanol–water partition coefficient (Wildman–Crippen LogP) is 5.29. The van der Waals surface area contributed by atoms with Crippen LogP contribution in [0, 0.1) is 18.3 Å². The zero-order chi connectivity index (χ0) is 20.2. The third-order valence-electron chi connectivity index (χ3n) is 4.34. The van der Waals surface area contributed by atoms with Gasteiger partial charge in [-0.2, -0.15) is 5.26 Å². The van der Waals surface area contributed by atoms with Gasteiger partial charge < -0.3 is 0 Å². The largest absolute Gasteiger partial charge is 0.298 e. The van der Waals surface area contributed by atoms with Crippen LogP contribution in [0.4, 0.5) is 5.13 Å². The molecule has 7 heteroatoms. The Morgan fingerprint density at radius 3 is 2.69 bits per heavy atom. The lowest BCUT2D eigenvalue weighted by molar-refractivity contribution is 0.102. The van der Waals surface area contributed by atoms with Gasteiger partial charge >= 0.3 is 0 Å². The number of nitrogens with one attached hydrogen (secondary N) is 1. The van der Waals surface area contributed by atoms with Crippen molar-refractivity contribution in [3.63, 3.8) is 0 Å². The SMILES string of the molecule is Cc1nc(-c2cccs2)ccc1C(=O)Nc1ncc(Cc2ccc(C#N)cc2)s1. The number of carbonyl (C=O) groups excluding carboxylic acids is 1. The second-order valence-corrected chi connectivity index (χ2v) is 8.44. The van der Waals surface area contributed by atoms with Crippen molar-refractivity contribution in [2.75, 3.05) is 5.32 Å². The molecule has 3 heterocycles. The van der Waals surface area contributed by atoms with Gasteiger partial charge in [-0.05, 0) is 48.2 Å². The summed E-state index contributed by atoms with van der Waals surface area (Å²) in [4.78, 5) is 23.6. The number of carbonyl (C=O) groups is 1. The molecule has 5 nitrogen and oxygen atoms in total. The second kappa shape index (κ2) is 8.35. The normalized spacial score (nSPS) is 10.5. The number of amides is 1. The lowest BCUT2D eigenvalue weighted by Gasteiger charge is -2.06. The summed E-state index contributed by atoms with van der Waals surface area (Å²) in [6, 6.07) is 17.2. The molecule has 142 valence electrons. The smallest absolute Gasteiger partial charge is 0.259 e. The Kier molecular flexibility index (Phi) is 5.47. The highest BCUT2D eigenvalue weighted by Gasteiger charge is 2.14. The van der Waals surface area contributed by atoms with E-state index in [-0.39, 0.29) is 5.91 Å². The predicted molar refractivity (Wildman–Crippen MR) is 116 cm³/mol. The molecule has 0 radical (unpaired) electrons. The highest BCUT2D eigenvalue weighted by molar-refractivity contribution is 7.15. The molecule has 0 unspecified atom stereocenters. The Morgan fingerprint density at radius 1 is 1.17 bits per heavy atom. The number of hydrogen-bond donors (Lipinski definition) is 1. The third kappa shape index (κ3) is 4.40. The number of nitriles is 1. The topological polar surface area (TPSA) is 78.7 Å². The fraction of sp³-hybridized carbons (Fsp3) is 0.0909. The summed E-state index contributed by atoms with van der Waals surface area (Å²) in [6.45, 7) is 1.84. The van der Waals surface area contributed by atoms with Gasteiger partial charge in [0.1, 0.15) is 0 Å². The summed E-state index contributed by atoms with van der Waals surface area (Å²) in [5, 5.41) is 14.3. The molecule has 0 saturated heterocycles. The van der Waals surface area contributed by atoms with Crippen molar-refractivity contribution >= 4 is 33.7 Å². The third-order valence-corrected chi connectivity index (χ3v) is 6.14. The molecule has 0 aliphatic heterocycles. The quantitative estimate of drug-likeness (QED) is 0.479. The summed E-state index contributed by atoms with van der Waals surface area (Å²) >= 11 is 3.06. The minimum atomic E-state index is -0.216. The zero-order valence-corrected chi connectivity index (χ0v) is 17.2. The minimum absolute atomic E-state index is 0.216. The first-order valence-corrected chi connectivity index (χ1v) is 10.6. The van der Waals surface area contributed by atoms with Crippen LogP contribution in [0.25, 0.3) is 10.6 Å². The van der Waals surface area contributed by atoms with Crippen molar-refractivity contribution in [2.45, 2.75) is 13.3 Å². The molecule has 3 aromatic heterocycles. The van der Waals surface area contributed by atoms with Gasteiger partial charge in [-0.3, -0.25) is 15.1 Å². The van der Waals surface area contributed by atoms with Crippen LogP contribution in [-0.2, 0) is 6.42 Å². The molecule has 0 fully saturated rings. The molecule has 0 atom stereocenters. The van der Waals surface area contributed by atoms with E-state index in [1.165, 1.54) is 11.3 Å². The maximum Gasteiger partial charge on any atom is 0.259 e. The number of pyridine rings is 1. The van der Waals surface area contributed by atoms with Crippen LogP contribution in [0.3, 0.4) is 0 Å². The maximum absolute atomic E-state index is 12.7. The standard InChI is InChI=1S/C22H16N4OS2/c1-14-18(8-9-19(25-14)20-3-2-10-28-20)21(27)26-22-24-13-17(29-22)11-15-4-6-16(12-23)7-5-15/h2-10,13H,11H2,1H3,(H,24,26,27). The van der Waals surface area contributed by atoms with E-state index >= 15 is 0 Å². The van der Waals surface area contributed by atoms with Crippen LogP contribution in [-0.4, -0.2) is 15.9 Å². The number of nitrogens with zero attached hydrogens (tertiary/aromatic N) is 3. The number of benzene rings is 1. The molecule has 0 saturated carbocycles. The molecular weight excluding hydrogens is 400 g/mol. The van der Waals surface area contributed by atoms with Crippen LogP contribution < -0.4 is 5.32 Å². The van der Waals surface area contributed by atoms with Crippen molar-refractivity contribution in [3.05, 3.63) is 87.4 Å². The first-order valence-electron chi connectivity index (χ1n) is 8.89. The van der Waals surface area contributed by atoms with Gasteiger partial charge in [0.2, 0.25) is 0 Å². The highest BCUT2D eigenvalue weighted by atomic mass is 32.1. The van der Waals surface area contributed by atoms with Crippen molar-refractivity contribution < 1.29 is 4.79 Å². The molecule has 1 aromatic carbocycles. The molecule has 1 N–H and O–H groups in total. The molecule has 1 amide bonds. The average molecular weight is 417 g/mol. The van der Waals surface area contributed by atoms with Gasteiger partial charge in [0.15, 0.2) is 5.13 Å². The van der Waals surface area contributed by atoms with E-state index in [9.17, 15) is 4.79 Å². The van der Waals surface area contributed by atoms with Crippen LogP contribution in [0.5, 0.6) is 0 Å². The first-order chi connectivity index (χ1) is 14.1. The lowest BCUT2D eigenvalue weighted by atomic mass is 10.1.